The van der Waals surface area contributed by atoms with Crippen LogP contribution in [0.2, 0.25) is 0 Å². The average Bonchev–Trinajstić information content (AvgIpc) is 3.22. The Labute approximate surface area is 121 Å². The summed E-state index contributed by atoms with van der Waals surface area (Å²) in [5.74, 6) is 1.51. The molecule has 1 aliphatic carbocycles. The third-order valence-corrected chi connectivity index (χ3v) is 3.82. The van der Waals surface area contributed by atoms with Crippen LogP contribution in [0.25, 0.3) is 0 Å². The second-order valence-electron chi connectivity index (χ2n) is 5.50. The third-order valence-electron chi connectivity index (χ3n) is 3.82. The minimum atomic E-state index is 0.0302. The summed E-state index contributed by atoms with van der Waals surface area (Å²) in [5.41, 5.74) is 1.68. The fourth-order valence-electron chi connectivity index (χ4n) is 2.37. The van der Waals surface area contributed by atoms with E-state index in [-0.39, 0.29) is 5.91 Å². The van der Waals surface area contributed by atoms with Crippen LogP contribution in [0.1, 0.15) is 56.1 Å². The first-order valence-electron chi connectivity index (χ1n) is 7.73. The van der Waals surface area contributed by atoms with E-state index in [2.05, 4.69) is 36.4 Å². The smallest absolute Gasteiger partial charge is 0.251 e. The van der Waals surface area contributed by atoms with Gasteiger partial charge in [0.25, 0.3) is 5.91 Å². The molecule has 0 aromatic carbocycles. The lowest BCUT2D eigenvalue weighted by atomic mass is 10.1. The van der Waals surface area contributed by atoms with Crippen LogP contribution in [0.15, 0.2) is 12.1 Å². The van der Waals surface area contributed by atoms with Gasteiger partial charge in [-0.05, 0) is 37.3 Å². The van der Waals surface area contributed by atoms with Gasteiger partial charge in [-0.1, -0.05) is 27.2 Å². The zero-order valence-corrected chi connectivity index (χ0v) is 12.7. The minimum Gasteiger partial charge on any atom is -0.370 e. The molecule has 1 saturated carbocycles. The maximum atomic E-state index is 12.3. The fraction of sp³-hybridized carbons (Fsp3) is 0.625. The molecule has 4 heteroatoms. The van der Waals surface area contributed by atoms with Crippen LogP contribution in [-0.2, 0) is 6.42 Å². The predicted octanol–water partition coefficient (Wildman–Crippen LogP) is 2.99. The molecule has 110 valence electrons. The lowest BCUT2D eigenvalue weighted by molar-refractivity contribution is 0.0949. The van der Waals surface area contributed by atoms with Gasteiger partial charge in [0.1, 0.15) is 5.82 Å². The summed E-state index contributed by atoms with van der Waals surface area (Å²) < 4.78 is 0. The SMILES string of the molecule is CCCNc1cc(C(=O)NC2CC2CC)cc(CC)n1. The number of nitrogens with one attached hydrogen (secondary N) is 2. The van der Waals surface area contributed by atoms with Crippen molar-refractivity contribution in [3.63, 3.8) is 0 Å². The molecule has 2 rings (SSSR count). The van der Waals surface area contributed by atoms with Crippen LogP contribution in [0.4, 0.5) is 5.82 Å². The number of rotatable bonds is 7. The quantitative estimate of drug-likeness (QED) is 0.804. The van der Waals surface area contributed by atoms with Crippen LogP contribution in [0.3, 0.4) is 0 Å². The van der Waals surface area contributed by atoms with Crippen molar-refractivity contribution in [2.24, 2.45) is 5.92 Å². The summed E-state index contributed by atoms with van der Waals surface area (Å²) in [5, 5.41) is 6.37. The van der Waals surface area contributed by atoms with Crippen molar-refractivity contribution in [3.8, 4) is 0 Å². The Hall–Kier alpha value is -1.58. The van der Waals surface area contributed by atoms with Crippen LogP contribution < -0.4 is 10.6 Å². The molecule has 1 aromatic rings. The highest BCUT2D eigenvalue weighted by molar-refractivity contribution is 5.95. The lowest BCUT2D eigenvalue weighted by Crippen LogP contribution is -2.27. The molecule has 2 N–H and O–H groups in total. The van der Waals surface area contributed by atoms with Gasteiger partial charge >= 0.3 is 0 Å². The number of hydrogen-bond acceptors (Lipinski definition) is 3. The van der Waals surface area contributed by atoms with Crippen molar-refractivity contribution in [3.05, 3.63) is 23.4 Å². The largest absolute Gasteiger partial charge is 0.370 e. The van der Waals surface area contributed by atoms with Gasteiger partial charge in [-0.3, -0.25) is 4.79 Å². The number of hydrogen-bond donors (Lipinski definition) is 2. The molecule has 1 aliphatic rings. The van der Waals surface area contributed by atoms with Crippen molar-refractivity contribution in [1.82, 2.24) is 10.3 Å². The second-order valence-corrected chi connectivity index (χ2v) is 5.50. The molecule has 0 spiro atoms. The Balaban J connectivity index is 2.07. The maximum absolute atomic E-state index is 12.3. The third kappa shape index (κ3) is 3.71. The first kappa shape index (κ1) is 14.8. The summed E-state index contributed by atoms with van der Waals surface area (Å²) in [7, 11) is 0. The Bertz CT molecular complexity index is 473. The minimum absolute atomic E-state index is 0.0302. The van der Waals surface area contributed by atoms with E-state index in [9.17, 15) is 4.79 Å². The van der Waals surface area contributed by atoms with Crippen LogP contribution in [-0.4, -0.2) is 23.5 Å². The molecule has 1 heterocycles. The molecule has 4 nitrogen and oxygen atoms in total. The normalized spacial score (nSPS) is 20.6. The lowest BCUT2D eigenvalue weighted by Gasteiger charge is -2.10. The highest BCUT2D eigenvalue weighted by atomic mass is 16.1. The van der Waals surface area contributed by atoms with Gasteiger partial charge in [0.15, 0.2) is 0 Å². The van der Waals surface area contributed by atoms with Gasteiger partial charge in [0.2, 0.25) is 0 Å². The summed E-state index contributed by atoms with van der Waals surface area (Å²) in [4.78, 5) is 16.8. The Kier molecular flexibility index (Phi) is 4.99. The second kappa shape index (κ2) is 6.73. The van der Waals surface area contributed by atoms with Gasteiger partial charge in [0, 0.05) is 23.8 Å². The van der Waals surface area contributed by atoms with E-state index < -0.39 is 0 Å². The molecule has 0 bridgehead atoms. The zero-order chi connectivity index (χ0) is 14.5. The van der Waals surface area contributed by atoms with E-state index in [1.54, 1.807) is 0 Å². The Morgan fingerprint density at radius 2 is 2.15 bits per heavy atom. The topological polar surface area (TPSA) is 54.0 Å². The Morgan fingerprint density at radius 3 is 2.75 bits per heavy atom. The van der Waals surface area contributed by atoms with Crippen molar-refractivity contribution in [2.45, 2.75) is 52.5 Å². The van der Waals surface area contributed by atoms with Crippen LogP contribution in [0.5, 0.6) is 0 Å². The van der Waals surface area contributed by atoms with Crippen molar-refractivity contribution < 1.29 is 4.79 Å². The van der Waals surface area contributed by atoms with E-state index >= 15 is 0 Å². The van der Waals surface area contributed by atoms with Gasteiger partial charge in [0.05, 0.1) is 0 Å². The van der Waals surface area contributed by atoms with Crippen LogP contribution >= 0.6 is 0 Å². The molecule has 0 radical (unpaired) electrons. The van der Waals surface area contributed by atoms with E-state index in [4.69, 9.17) is 0 Å². The predicted molar refractivity (Wildman–Crippen MR) is 82.0 cm³/mol. The number of carbonyl (C=O) groups excluding carboxylic acids is 1. The van der Waals surface area contributed by atoms with E-state index in [0.29, 0.717) is 12.0 Å². The van der Waals surface area contributed by atoms with Crippen molar-refractivity contribution in [1.29, 1.82) is 0 Å². The number of aryl methyl sites for hydroxylation is 1. The van der Waals surface area contributed by atoms with Gasteiger partial charge in [-0.2, -0.15) is 0 Å². The highest BCUT2D eigenvalue weighted by Gasteiger charge is 2.36. The Morgan fingerprint density at radius 1 is 1.35 bits per heavy atom. The molecule has 2 atom stereocenters. The molecule has 1 amide bonds. The number of anilines is 1. The zero-order valence-electron chi connectivity index (χ0n) is 12.7. The molecule has 20 heavy (non-hydrogen) atoms. The number of carbonyl (C=O) groups is 1. The van der Waals surface area contributed by atoms with Crippen molar-refractivity contribution in [2.75, 3.05) is 11.9 Å². The highest BCUT2D eigenvalue weighted by Crippen LogP contribution is 2.33. The fourth-order valence-corrected chi connectivity index (χ4v) is 2.37. The number of nitrogens with zero attached hydrogens (tertiary/aromatic N) is 1. The van der Waals surface area contributed by atoms with Crippen molar-refractivity contribution >= 4 is 11.7 Å². The molecule has 1 aromatic heterocycles. The standard InChI is InChI=1S/C16H25N3O/c1-4-7-17-15-10-12(8-13(6-3)18-15)16(20)19-14-9-11(14)5-2/h8,10-11,14H,4-7,9H2,1-3H3,(H,17,18)(H,19,20). The number of amides is 1. The molecular formula is C16H25N3O. The summed E-state index contributed by atoms with van der Waals surface area (Å²) in [6, 6.07) is 4.13. The first-order chi connectivity index (χ1) is 9.67. The molecule has 0 aliphatic heterocycles. The molecular weight excluding hydrogens is 250 g/mol. The number of aromatic nitrogens is 1. The molecule has 0 saturated heterocycles. The van der Waals surface area contributed by atoms with E-state index in [0.717, 1.165) is 49.3 Å². The summed E-state index contributed by atoms with van der Waals surface area (Å²) in [6.45, 7) is 7.22. The van der Waals surface area contributed by atoms with Gasteiger partial charge in [-0.15, -0.1) is 0 Å². The van der Waals surface area contributed by atoms with Gasteiger partial charge < -0.3 is 10.6 Å². The monoisotopic (exact) mass is 275 g/mol. The van der Waals surface area contributed by atoms with Crippen LogP contribution in [0, 0.1) is 5.92 Å². The maximum Gasteiger partial charge on any atom is 0.251 e. The average molecular weight is 275 g/mol. The summed E-state index contributed by atoms with van der Waals surface area (Å²) in [6.07, 6.45) is 4.14. The molecule has 2 unspecified atom stereocenters. The summed E-state index contributed by atoms with van der Waals surface area (Å²) >= 11 is 0. The van der Waals surface area contributed by atoms with E-state index in [1.807, 2.05) is 12.1 Å². The van der Waals surface area contributed by atoms with E-state index in [1.165, 1.54) is 0 Å². The number of pyridine rings is 1. The molecule has 1 fully saturated rings. The first-order valence-corrected chi connectivity index (χ1v) is 7.73. The van der Waals surface area contributed by atoms with Gasteiger partial charge in [-0.25, -0.2) is 4.98 Å².